The fourth-order valence-corrected chi connectivity index (χ4v) is 3.35. The summed E-state index contributed by atoms with van der Waals surface area (Å²) in [4.78, 5) is 24.2. The molecule has 26 heavy (non-hydrogen) atoms. The number of H-pyrrole nitrogens is 1. The number of aromatic amines is 1. The summed E-state index contributed by atoms with van der Waals surface area (Å²) in [6, 6.07) is 5.82. The molecule has 3 aromatic heterocycles. The van der Waals surface area contributed by atoms with Crippen LogP contribution in [0.1, 0.15) is 28.6 Å². The Morgan fingerprint density at radius 2 is 2.08 bits per heavy atom. The lowest BCUT2D eigenvalue weighted by Gasteiger charge is -2.27. The van der Waals surface area contributed by atoms with E-state index in [1.165, 1.54) is 0 Å². The van der Waals surface area contributed by atoms with Gasteiger partial charge in [-0.05, 0) is 19.1 Å². The monoisotopic (exact) mass is 363 g/mol. The van der Waals surface area contributed by atoms with Gasteiger partial charge in [-0.2, -0.15) is 13.2 Å². The predicted octanol–water partition coefficient (Wildman–Crippen LogP) is 2.30. The first kappa shape index (κ1) is 16.8. The summed E-state index contributed by atoms with van der Waals surface area (Å²) in [6.07, 6.45) is -2.43. The number of rotatable bonds is 2. The molecule has 0 spiro atoms. The number of nitrogens with one attached hydrogen (secondary N) is 1. The van der Waals surface area contributed by atoms with Crippen molar-refractivity contribution in [1.82, 2.24) is 24.3 Å². The van der Waals surface area contributed by atoms with Crippen LogP contribution in [0.3, 0.4) is 0 Å². The first-order valence-electron chi connectivity index (χ1n) is 8.17. The van der Waals surface area contributed by atoms with Crippen molar-refractivity contribution in [2.75, 3.05) is 6.54 Å². The van der Waals surface area contributed by atoms with E-state index >= 15 is 0 Å². The van der Waals surface area contributed by atoms with Crippen molar-refractivity contribution < 1.29 is 13.2 Å². The normalized spacial score (nSPS) is 15.4. The molecule has 4 rings (SSSR count). The molecule has 0 radical (unpaired) electrons. The average Bonchev–Trinajstić information content (AvgIpc) is 2.91. The van der Waals surface area contributed by atoms with Gasteiger partial charge >= 0.3 is 6.18 Å². The van der Waals surface area contributed by atoms with Gasteiger partial charge in [0.15, 0.2) is 0 Å². The summed E-state index contributed by atoms with van der Waals surface area (Å²) < 4.78 is 40.4. The highest BCUT2D eigenvalue weighted by atomic mass is 19.4. The Kier molecular flexibility index (Phi) is 3.83. The zero-order valence-corrected chi connectivity index (χ0v) is 14.0. The van der Waals surface area contributed by atoms with Gasteiger partial charge in [0.2, 0.25) is 5.82 Å². The van der Waals surface area contributed by atoms with Crippen LogP contribution >= 0.6 is 0 Å². The number of hydrogen-bond donors (Lipinski definition) is 1. The molecule has 6 nitrogen and oxygen atoms in total. The molecular weight excluding hydrogens is 347 g/mol. The molecule has 0 atom stereocenters. The van der Waals surface area contributed by atoms with E-state index in [0.29, 0.717) is 25.1 Å². The van der Waals surface area contributed by atoms with Crippen LogP contribution in [0.4, 0.5) is 13.2 Å². The van der Waals surface area contributed by atoms with E-state index in [1.807, 2.05) is 45.6 Å². The van der Waals surface area contributed by atoms with Crippen LogP contribution in [0, 0.1) is 6.92 Å². The zero-order valence-electron chi connectivity index (χ0n) is 14.0. The Hall–Kier alpha value is -2.68. The zero-order chi connectivity index (χ0) is 18.5. The summed E-state index contributed by atoms with van der Waals surface area (Å²) in [5.74, 6) is -0.368. The van der Waals surface area contributed by atoms with E-state index in [0.717, 1.165) is 17.0 Å². The van der Waals surface area contributed by atoms with Crippen LogP contribution in [0.15, 0.2) is 29.2 Å². The second kappa shape index (κ2) is 5.94. The number of halogens is 3. The third kappa shape index (κ3) is 2.88. The van der Waals surface area contributed by atoms with Crippen LogP contribution in [-0.2, 0) is 25.7 Å². The van der Waals surface area contributed by atoms with Gasteiger partial charge in [0.1, 0.15) is 5.82 Å². The molecule has 0 unspecified atom stereocenters. The molecule has 0 aliphatic carbocycles. The van der Waals surface area contributed by atoms with Gasteiger partial charge in [-0.15, -0.1) is 0 Å². The Morgan fingerprint density at radius 3 is 2.85 bits per heavy atom. The van der Waals surface area contributed by atoms with E-state index in [9.17, 15) is 18.0 Å². The van der Waals surface area contributed by atoms with Crippen molar-refractivity contribution >= 4 is 5.52 Å². The van der Waals surface area contributed by atoms with Gasteiger partial charge in [-0.1, -0.05) is 6.07 Å². The number of fused-ring (bicyclic) bond motifs is 2. The van der Waals surface area contributed by atoms with E-state index in [1.54, 1.807) is 0 Å². The molecule has 3 aromatic rings. The third-order valence-electron chi connectivity index (χ3n) is 4.59. The topological polar surface area (TPSA) is 66.3 Å². The molecule has 136 valence electrons. The second-order valence-corrected chi connectivity index (χ2v) is 6.36. The smallest absolute Gasteiger partial charge is 0.304 e. The van der Waals surface area contributed by atoms with Gasteiger partial charge in [-0.25, -0.2) is 9.97 Å². The van der Waals surface area contributed by atoms with Crippen LogP contribution in [0.5, 0.6) is 0 Å². The van der Waals surface area contributed by atoms with Crippen LogP contribution < -0.4 is 5.56 Å². The molecule has 0 amide bonds. The minimum Gasteiger partial charge on any atom is -0.304 e. The highest BCUT2D eigenvalue weighted by molar-refractivity contribution is 5.53. The van der Waals surface area contributed by atoms with Gasteiger partial charge in [0.05, 0.1) is 22.5 Å². The quantitative estimate of drug-likeness (QED) is 0.759. The average molecular weight is 363 g/mol. The molecule has 9 heteroatoms. The molecule has 1 N–H and O–H groups in total. The molecular formula is C17H16F3N5O. The molecule has 0 saturated heterocycles. The lowest BCUT2D eigenvalue weighted by molar-refractivity contribution is -0.145. The van der Waals surface area contributed by atoms with E-state index in [4.69, 9.17) is 0 Å². The largest absolute Gasteiger partial charge is 0.449 e. The van der Waals surface area contributed by atoms with Crippen molar-refractivity contribution in [2.24, 2.45) is 0 Å². The first-order valence-corrected chi connectivity index (χ1v) is 8.17. The summed E-state index contributed by atoms with van der Waals surface area (Å²) in [7, 11) is 0. The Bertz CT molecular complexity index is 1040. The number of alkyl halides is 3. The lowest BCUT2D eigenvalue weighted by Crippen LogP contribution is -2.36. The Balaban J connectivity index is 1.62. The van der Waals surface area contributed by atoms with Crippen LogP contribution in [-0.4, -0.2) is 30.8 Å². The third-order valence-corrected chi connectivity index (χ3v) is 4.59. The Morgan fingerprint density at radius 1 is 1.27 bits per heavy atom. The van der Waals surface area contributed by atoms with Crippen LogP contribution in [0.2, 0.25) is 0 Å². The minimum atomic E-state index is -4.65. The molecule has 1 aliphatic rings. The summed E-state index contributed by atoms with van der Waals surface area (Å²) in [5.41, 5.74) is 1.66. The molecule has 0 bridgehead atoms. The van der Waals surface area contributed by atoms with E-state index in [-0.39, 0.29) is 12.2 Å². The minimum absolute atomic E-state index is 0.225. The fraction of sp³-hybridized carbons (Fsp3) is 0.353. The number of aromatic nitrogens is 4. The molecule has 0 aromatic carbocycles. The summed E-state index contributed by atoms with van der Waals surface area (Å²) in [6.45, 7) is 3.20. The molecule has 0 fully saturated rings. The maximum Gasteiger partial charge on any atom is 0.449 e. The number of nitrogens with zero attached hydrogens (tertiary/aromatic N) is 4. The van der Waals surface area contributed by atoms with Gasteiger partial charge < -0.3 is 9.38 Å². The SMILES string of the molecule is Cc1nc(CN2CCc3nc(C(F)(F)F)[nH]c(=O)c3C2)c2ccccn12. The van der Waals surface area contributed by atoms with E-state index in [2.05, 4.69) is 9.97 Å². The highest BCUT2D eigenvalue weighted by Gasteiger charge is 2.36. The standard InChI is InChI=1S/C17H16F3N5O/c1-10-21-13(14-4-2-3-6-25(10)14)9-24-7-5-12-11(8-24)15(26)23-16(22-12)17(18,19)20/h2-4,6H,5,7-9H2,1H3,(H,22,23,26). The number of aryl methyl sites for hydroxylation is 1. The first-order chi connectivity index (χ1) is 12.3. The number of pyridine rings is 1. The summed E-state index contributed by atoms with van der Waals surface area (Å²) >= 11 is 0. The Labute approximate surface area is 146 Å². The second-order valence-electron chi connectivity index (χ2n) is 6.36. The number of imidazole rings is 1. The van der Waals surface area contributed by atoms with Gasteiger partial charge in [0.25, 0.3) is 5.56 Å². The van der Waals surface area contributed by atoms with Gasteiger partial charge in [-0.3, -0.25) is 9.69 Å². The molecule has 4 heterocycles. The van der Waals surface area contributed by atoms with Gasteiger partial charge in [0, 0.05) is 32.3 Å². The maximum absolute atomic E-state index is 12.8. The van der Waals surface area contributed by atoms with Crippen molar-refractivity contribution in [3.63, 3.8) is 0 Å². The highest BCUT2D eigenvalue weighted by Crippen LogP contribution is 2.27. The summed E-state index contributed by atoms with van der Waals surface area (Å²) in [5, 5.41) is 0. The van der Waals surface area contributed by atoms with Crippen molar-refractivity contribution in [1.29, 1.82) is 0 Å². The van der Waals surface area contributed by atoms with E-state index < -0.39 is 17.6 Å². The lowest BCUT2D eigenvalue weighted by atomic mass is 10.1. The maximum atomic E-state index is 12.8. The molecule has 0 saturated carbocycles. The number of hydrogen-bond acceptors (Lipinski definition) is 4. The van der Waals surface area contributed by atoms with Crippen LogP contribution in [0.25, 0.3) is 5.52 Å². The van der Waals surface area contributed by atoms with Crippen molar-refractivity contribution in [3.05, 3.63) is 63.3 Å². The fourth-order valence-electron chi connectivity index (χ4n) is 3.35. The molecule has 1 aliphatic heterocycles. The van der Waals surface area contributed by atoms with Crippen molar-refractivity contribution in [2.45, 2.75) is 32.6 Å². The van der Waals surface area contributed by atoms with Crippen molar-refractivity contribution in [3.8, 4) is 0 Å². The predicted molar refractivity (Wildman–Crippen MR) is 87.6 cm³/mol.